The molecule has 0 aromatic rings. The number of piperidine rings is 1. The summed E-state index contributed by atoms with van der Waals surface area (Å²) < 4.78 is 0. The normalized spacial score (nSPS) is 29.9. The highest BCUT2D eigenvalue weighted by molar-refractivity contribution is 4.82. The van der Waals surface area contributed by atoms with Crippen molar-refractivity contribution in [2.75, 3.05) is 33.2 Å². The summed E-state index contributed by atoms with van der Waals surface area (Å²) in [6.45, 7) is 12.4. The van der Waals surface area contributed by atoms with Crippen molar-refractivity contribution in [2.45, 2.75) is 59.3 Å². The first-order valence-electron chi connectivity index (χ1n) is 8.84. The van der Waals surface area contributed by atoms with Crippen molar-refractivity contribution >= 4 is 0 Å². The molecule has 2 heteroatoms. The second kappa shape index (κ2) is 7.26. The molecule has 1 saturated heterocycles. The maximum absolute atomic E-state index is 3.47. The summed E-state index contributed by atoms with van der Waals surface area (Å²) in [5, 5.41) is 3.47. The third-order valence-electron chi connectivity index (χ3n) is 5.67. The van der Waals surface area contributed by atoms with Crippen molar-refractivity contribution < 1.29 is 0 Å². The van der Waals surface area contributed by atoms with E-state index in [0.29, 0.717) is 5.41 Å². The Balaban J connectivity index is 1.66. The highest BCUT2D eigenvalue weighted by Crippen LogP contribution is 2.39. The van der Waals surface area contributed by atoms with Gasteiger partial charge in [-0.15, -0.1) is 0 Å². The maximum atomic E-state index is 3.47. The number of rotatable bonds is 4. The third kappa shape index (κ3) is 5.04. The Hall–Kier alpha value is -0.0800. The van der Waals surface area contributed by atoms with Gasteiger partial charge in [-0.05, 0) is 81.8 Å². The second-order valence-corrected chi connectivity index (χ2v) is 8.50. The zero-order valence-corrected chi connectivity index (χ0v) is 14.3. The lowest BCUT2D eigenvalue weighted by Gasteiger charge is -2.38. The predicted octanol–water partition coefficient (Wildman–Crippen LogP) is 3.77. The summed E-state index contributed by atoms with van der Waals surface area (Å²) in [5.74, 6) is 2.85. The van der Waals surface area contributed by atoms with Crippen molar-refractivity contribution in [3.05, 3.63) is 0 Å². The average molecular weight is 281 g/mol. The molecule has 0 aromatic heterocycles. The Bertz CT molecular complexity index is 268. The first-order valence-corrected chi connectivity index (χ1v) is 8.84. The fraction of sp³-hybridized carbons (Fsp3) is 1.00. The van der Waals surface area contributed by atoms with Crippen LogP contribution < -0.4 is 5.32 Å². The fourth-order valence-electron chi connectivity index (χ4n) is 4.23. The first kappa shape index (κ1) is 16.3. The van der Waals surface area contributed by atoms with Crippen LogP contribution >= 0.6 is 0 Å². The van der Waals surface area contributed by atoms with Gasteiger partial charge in [-0.1, -0.05) is 20.8 Å². The fourth-order valence-corrected chi connectivity index (χ4v) is 4.23. The van der Waals surface area contributed by atoms with Crippen LogP contribution in [0, 0.1) is 23.2 Å². The van der Waals surface area contributed by atoms with Gasteiger partial charge in [0.05, 0.1) is 0 Å². The van der Waals surface area contributed by atoms with Crippen molar-refractivity contribution in [3.63, 3.8) is 0 Å². The standard InChI is InChI=1S/C18H36N2/c1-18(2,3)17-7-5-15(6-8-17)13-20(4)14-16-9-11-19-12-10-16/h15-17,19H,5-14H2,1-4H3. The van der Waals surface area contributed by atoms with E-state index in [1.165, 1.54) is 64.7 Å². The zero-order chi connectivity index (χ0) is 14.6. The van der Waals surface area contributed by atoms with Crippen LogP contribution in [-0.2, 0) is 0 Å². The van der Waals surface area contributed by atoms with E-state index in [4.69, 9.17) is 0 Å². The summed E-state index contributed by atoms with van der Waals surface area (Å²) in [5.41, 5.74) is 0.520. The largest absolute Gasteiger partial charge is 0.317 e. The smallest absolute Gasteiger partial charge is 0.000767 e. The van der Waals surface area contributed by atoms with E-state index < -0.39 is 0 Å². The molecule has 1 saturated carbocycles. The monoisotopic (exact) mass is 280 g/mol. The summed E-state index contributed by atoms with van der Waals surface area (Å²) in [7, 11) is 2.35. The van der Waals surface area contributed by atoms with Crippen LogP contribution in [0.1, 0.15) is 59.3 Å². The van der Waals surface area contributed by atoms with E-state index in [1.807, 2.05) is 0 Å². The lowest BCUT2D eigenvalue weighted by atomic mass is 9.70. The summed E-state index contributed by atoms with van der Waals surface area (Å²) in [6, 6.07) is 0. The Morgan fingerprint density at radius 1 is 0.850 bits per heavy atom. The third-order valence-corrected chi connectivity index (χ3v) is 5.67. The van der Waals surface area contributed by atoms with E-state index >= 15 is 0 Å². The molecule has 0 atom stereocenters. The Labute approximate surface area is 126 Å². The Kier molecular flexibility index (Phi) is 5.92. The van der Waals surface area contributed by atoms with Crippen LogP contribution in [0.4, 0.5) is 0 Å². The predicted molar refractivity (Wildman–Crippen MR) is 88.0 cm³/mol. The molecular formula is C18H36N2. The summed E-state index contributed by atoms with van der Waals surface area (Å²) >= 11 is 0. The SMILES string of the molecule is CN(CC1CCNCC1)CC1CCC(C(C)(C)C)CC1. The number of hydrogen-bond donors (Lipinski definition) is 1. The van der Waals surface area contributed by atoms with Crippen LogP contribution in [-0.4, -0.2) is 38.1 Å². The molecule has 0 unspecified atom stereocenters. The molecule has 1 heterocycles. The highest BCUT2D eigenvalue weighted by Gasteiger charge is 2.30. The molecule has 0 bridgehead atoms. The van der Waals surface area contributed by atoms with E-state index in [-0.39, 0.29) is 0 Å². The molecule has 0 aromatic carbocycles. The van der Waals surface area contributed by atoms with Gasteiger partial charge in [0.2, 0.25) is 0 Å². The molecular weight excluding hydrogens is 244 g/mol. The number of nitrogens with one attached hydrogen (secondary N) is 1. The van der Waals surface area contributed by atoms with Gasteiger partial charge in [-0.3, -0.25) is 0 Å². The van der Waals surface area contributed by atoms with Gasteiger partial charge in [-0.25, -0.2) is 0 Å². The molecule has 0 amide bonds. The van der Waals surface area contributed by atoms with Crippen molar-refractivity contribution in [3.8, 4) is 0 Å². The molecule has 2 nitrogen and oxygen atoms in total. The molecule has 118 valence electrons. The lowest BCUT2D eigenvalue weighted by molar-refractivity contribution is 0.124. The van der Waals surface area contributed by atoms with Crippen LogP contribution in [0.3, 0.4) is 0 Å². The van der Waals surface area contributed by atoms with E-state index in [1.54, 1.807) is 0 Å². The van der Waals surface area contributed by atoms with Crippen LogP contribution in [0.25, 0.3) is 0 Å². The van der Waals surface area contributed by atoms with Gasteiger partial charge in [0.1, 0.15) is 0 Å². The molecule has 1 aliphatic heterocycles. The Morgan fingerprint density at radius 2 is 1.35 bits per heavy atom. The summed E-state index contributed by atoms with van der Waals surface area (Å²) in [6.07, 6.45) is 8.57. The zero-order valence-electron chi connectivity index (χ0n) is 14.3. The number of hydrogen-bond acceptors (Lipinski definition) is 2. The molecule has 2 rings (SSSR count). The van der Waals surface area contributed by atoms with Gasteiger partial charge >= 0.3 is 0 Å². The highest BCUT2D eigenvalue weighted by atomic mass is 15.1. The maximum Gasteiger partial charge on any atom is 0.000767 e. The minimum Gasteiger partial charge on any atom is -0.317 e. The Morgan fingerprint density at radius 3 is 1.85 bits per heavy atom. The van der Waals surface area contributed by atoms with Crippen molar-refractivity contribution in [1.29, 1.82) is 0 Å². The average Bonchev–Trinajstić information content (AvgIpc) is 2.39. The molecule has 0 spiro atoms. The van der Waals surface area contributed by atoms with Crippen molar-refractivity contribution in [1.82, 2.24) is 10.2 Å². The van der Waals surface area contributed by atoms with Crippen LogP contribution in [0.2, 0.25) is 0 Å². The van der Waals surface area contributed by atoms with Crippen LogP contribution in [0.5, 0.6) is 0 Å². The lowest BCUT2D eigenvalue weighted by Crippen LogP contribution is -2.37. The molecule has 1 N–H and O–H groups in total. The first-order chi connectivity index (χ1) is 9.45. The molecule has 2 aliphatic rings. The van der Waals surface area contributed by atoms with Crippen LogP contribution in [0.15, 0.2) is 0 Å². The minimum atomic E-state index is 0.520. The quantitative estimate of drug-likeness (QED) is 0.843. The van der Waals surface area contributed by atoms with Gasteiger partial charge < -0.3 is 10.2 Å². The minimum absolute atomic E-state index is 0.520. The molecule has 1 aliphatic carbocycles. The molecule has 0 radical (unpaired) electrons. The van der Waals surface area contributed by atoms with Gasteiger partial charge in [0.15, 0.2) is 0 Å². The van der Waals surface area contributed by atoms with E-state index in [2.05, 4.69) is 38.0 Å². The summed E-state index contributed by atoms with van der Waals surface area (Å²) in [4.78, 5) is 2.62. The molecule has 2 fully saturated rings. The van der Waals surface area contributed by atoms with Gasteiger partial charge in [0, 0.05) is 13.1 Å². The second-order valence-electron chi connectivity index (χ2n) is 8.50. The van der Waals surface area contributed by atoms with Gasteiger partial charge in [-0.2, -0.15) is 0 Å². The topological polar surface area (TPSA) is 15.3 Å². The van der Waals surface area contributed by atoms with E-state index in [9.17, 15) is 0 Å². The van der Waals surface area contributed by atoms with Gasteiger partial charge in [0.25, 0.3) is 0 Å². The number of nitrogens with zero attached hydrogens (tertiary/aromatic N) is 1. The molecule has 20 heavy (non-hydrogen) atoms. The van der Waals surface area contributed by atoms with Crippen molar-refractivity contribution in [2.24, 2.45) is 23.2 Å². The van der Waals surface area contributed by atoms with E-state index in [0.717, 1.165) is 17.8 Å².